The lowest BCUT2D eigenvalue weighted by molar-refractivity contribution is 0.122. The fourth-order valence-corrected chi connectivity index (χ4v) is 4.63. The second kappa shape index (κ2) is 8.28. The van der Waals surface area contributed by atoms with Crippen LogP contribution in [0.4, 0.5) is 0 Å². The Bertz CT molecular complexity index is 607. The van der Waals surface area contributed by atoms with E-state index in [0.29, 0.717) is 11.1 Å². The van der Waals surface area contributed by atoms with Gasteiger partial charge < -0.3 is 10.1 Å². The topological polar surface area (TPSA) is 67.4 Å². The molecule has 126 valence electrons. The zero-order valence-corrected chi connectivity index (χ0v) is 16.0. The number of methoxy groups -OCH3 is 1. The number of sulfonamides is 1. The van der Waals surface area contributed by atoms with Crippen LogP contribution in [0.1, 0.15) is 12.8 Å². The van der Waals surface area contributed by atoms with Gasteiger partial charge in [0.05, 0.1) is 17.2 Å². The van der Waals surface area contributed by atoms with Crippen LogP contribution in [0.25, 0.3) is 0 Å². The number of ether oxygens (including phenoxy) is 1. The standard InChI is InChI=1S/C13H18BrClN2O3S.ClH/c1-20-9-13(5-2-6-16-13)8-17-21(18,19)12-7-10(14)3-4-11(12)15;/h3-4,7,16-17H,2,5-6,8-9H2,1H3;1H. The molecule has 0 spiro atoms. The Morgan fingerprint density at radius 1 is 1.50 bits per heavy atom. The summed E-state index contributed by atoms with van der Waals surface area (Å²) in [6.45, 7) is 1.59. The Morgan fingerprint density at radius 3 is 2.82 bits per heavy atom. The molecule has 1 aliphatic rings. The fourth-order valence-electron chi connectivity index (χ4n) is 2.46. The van der Waals surface area contributed by atoms with E-state index in [0.717, 1.165) is 19.4 Å². The van der Waals surface area contributed by atoms with Crippen molar-refractivity contribution in [1.29, 1.82) is 0 Å². The fraction of sp³-hybridized carbons (Fsp3) is 0.538. The minimum absolute atomic E-state index is 0. The summed E-state index contributed by atoms with van der Waals surface area (Å²) in [5, 5.41) is 3.53. The average molecular weight is 434 g/mol. The van der Waals surface area contributed by atoms with Crippen molar-refractivity contribution < 1.29 is 13.2 Å². The second-order valence-electron chi connectivity index (χ2n) is 5.14. The van der Waals surface area contributed by atoms with E-state index < -0.39 is 10.0 Å². The molecule has 0 bridgehead atoms. The van der Waals surface area contributed by atoms with Crippen LogP contribution >= 0.6 is 39.9 Å². The third-order valence-electron chi connectivity index (χ3n) is 3.54. The minimum Gasteiger partial charge on any atom is -0.383 e. The van der Waals surface area contributed by atoms with Gasteiger partial charge in [-0.25, -0.2) is 13.1 Å². The van der Waals surface area contributed by atoms with Gasteiger partial charge in [0.25, 0.3) is 0 Å². The van der Waals surface area contributed by atoms with Gasteiger partial charge in [-0.1, -0.05) is 27.5 Å². The normalized spacial score (nSPS) is 21.6. The molecule has 1 aromatic rings. The number of hydrogen-bond acceptors (Lipinski definition) is 4. The SMILES string of the molecule is COCC1(CNS(=O)(=O)c2cc(Br)ccc2Cl)CCCN1.Cl. The lowest BCUT2D eigenvalue weighted by Gasteiger charge is -2.28. The van der Waals surface area contributed by atoms with Gasteiger partial charge >= 0.3 is 0 Å². The predicted octanol–water partition coefficient (Wildman–Crippen LogP) is 2.57. The third-order valence-corrected chi connectivity index (χ3v) is 5.91. The third kappa shape index (κ3) is 4.80. The summed E-state index contributed by atoms with van der Waals surface area (Å²) in [6.07, 6.45) is 1.87. The molecule has 1 atom stereocenters. The van der Waals surface area contributed by atoms with E-state index in [9.17, 15) is 8.42 Å². The van der Waals surface area contributed by atoms with E-state index in [1.807, 2.05) is 0 Å². The van der Waals surface area contributed by atoms with Gasteiger partial charge in [0.2, 0.25) is 10.0 Å². The monoisotopic (exact) mass is 432 g/mol. The zero-order chi connectivity index (χ0) is 15.5. The number of halogens is 3. The van der Waals surface area contributed by atoms with Crippen molar-refractivity contribution in [3.8, 4) is 0 Å². The molecule has 2 rings (SSSR count). The molecule has 1 heterocycles. The Balaban J connectivity index is 0.00000242. The molecule has 0 aromatic heterocycles. The van der Waals surface area contributed by atoms with E-state index in [4.69, 9.17) is 16.3 Å². The van der Waals surface area contributed by atoms with Crippen molar-refractivity contribution >= 4 is 50.0 Å². The van der Waals surface area contributed by atoms with E-state index in [2.05, 4.69) is 26.0 Å². The van der Waals surface area contributed by atoms with Gasteiger partial charge in [-0.05, 0) is 37.6 Å². The van der Waals surface area contributed by atoms with E-state index in [-0.39, 0.29) is 34.4 Å². The van der Waals surface area contributed by atoms with E-state index in [1.165, 1.54) is 6.07 Å². The Hall–Kier alpha value is 0.110. The summed E-state index contributed by atoms with van der Waals surface area (Å²) in [7, 11) is -2.05. The van der Waals surface area contributed by atoms with E-state index in [1.54, 1.807) is 19.2 Å². The van der Waals surface area contributed by atoms with Crippen molar-refractivity contribution in [1.82, 2.24) is 10.0 Å². The van der Waals surface area contributed by atoms with Gasteiger partial charge in [-0.15, -0.1) is 12.4 Å². The smallest absolute Gasteiger partial charge is 0.242 e. The molecular formula is C13H19BrCl2N2O3S. The average Bonchev–Trinajstić information content (AvgIpc) is 2.89. The minimum atomic E-state index is -3.66. The zero-order valence-electron chi connectivity index (χ0n) is 12.1. The van der Waals surface area contributed by atoms with Gasteiger partial charge in [0.1, 0.15) is 4.90 Å². The maximum atomic E-state index is 12.4. The summed E-state index contributed by atoms with van der Waals surface area (Å²) in [4.78, 5) is 0.0732. The van der Waals surface area contributed by atoms with Gasteiger partial charge in [0, 0.05) is 18.1 Å². The molecule has 1 unspecified atom stereocenters. The Labute approximate surface area is 150 Å². The number of benzene rings is 1. The first-order valence-electron chi connectivity index (χ1n) is 6.57. The van der Waals surface area contributed by atoms with Crippen LogP contribution in [0.3, 0.4) is 0 Å². The van der Waals surface area contributed by atoms with Crippen molar-refractivity contribution in [2.75, 3.05) is 26.8 Å². The largest absolute Gasteiger partial charge is 0.383 e. The quantitative estimate of drug-likeness (QED) is 0.723. The summed E-state index contributed by atoms with van der Waals surface area (Å²) in [5.74, 6) is 0. The van der Waals surface area contributed by atoms with Crippen LogP contribution in [0.2, 0.25) is 5.02 Å². The van der Waals surface area contributed by atoms with Crippen molar-refractivity contribution in [2.24, 2.45) is 0 Å². The van der Waals surface area contributed by atoms with Crippen LogP contribution < -0.4 is 10.0 Å². The molecule has 1 saturated heterocycles. The van der Waals surface area contributed by atoms with Gasteiger partial charge in [-0.2, -0.15) is 0 Å². The molecule has 1 fully saturated rings. The second-order valence-corrected chi connectivity index (χ2v) is 8.20. The van der Waals surface area contributed by atoms with Gasteiger partial charge in [-0.3, -0.25) is 0 Å². The number of rotatable bonds is 6. The van der Waals surface area contributed by atoms with Crippen molar-refractivity contribution in [3.05, 3.63) is 27.7 Å². The summed E-state index contributed by atoms with van der Waals surface area (Å²) in [6, 6.07) is 4.75. The van der Waals surface area contributed by atoms with Gasteiger partial charge in [0.15, 0.2) is 0 Å². The van der Waals surface area contributed by atoms with Crippen LogP contribution in [-0.2, 0) is 14.8 Å². The molecule has 2 N–H and O–H groups in total. The van der Waals surface area contributed by atoms with Crippen LogP contribution in [0, 0.1) is 0 Å². The lowest BCUT2D eigenvalue weighted by Crippen LogP contribution is -2.52. The number of nitrogens with one attached hydrogen (secondary N) is 2. The molecule has 0 amide bonds. The molecule has 5 nitrogen and oxygen atoms in total. The van der Waals surface area contributed by atoms with Crippen LogP contribution in [0.5, 0.6) is 0 Å². The molecule has 1 aliphatic heterocycles. The molecule has 22 heavy (non-hydrogen) atoms. The van der Waals surface area contributed by atoms with Crippen molar-refractivity contribution in [3.63, 3.8) is 0 Å². The maximum Gasteiger partial charge on any atom is 0.242 e. The Morgan fingerprint density at radius 2 is 2.23 bits per heavy atom. The molecule has 0 saturated carbocycles. The highest BCUT2D eigenvalue weighted by Crippen LogP contribution is 2.26. The lowest BCUT2D eigenvalue weighted by atomic mass is 9.99. The first kappa shape index (κ1) is 20.2. The highest BCUT2D eigenvalue weighted by molar-refractivity contribution is 9.10. The first-order chi connectivity index (χ1) is 9.88. The predicted molar refractivity (Wildman–Crippen MR) is 93.4 cm³/mol. The van der Waals surface area contributed by atoms with Crippen LogP contribution in [0.15, 0.2) is 27.6 Å². The maximum absolute atomic E-state index is 12.4. The molecular weight excluding hydrogens is 415 g/mol. The first-order valence-corrected chi connectivity index (χ1v) is 9.23. The van der Waals surface area contributed by atoms with E-state index >= 15 is 0 Å². The highest BCUT2D eigenvalue weighted by Gasteiger charge is 2.35. The molecule has 0 aliphatic carbocycles. The summed E-state index contributed by atoms with van der Waals surface area (Å²) < 4.78 is 33.4. The Kier molecular flexibility index (Phi) is 7.59. The molecule has 1 aromatic carbocycles. The van der Waals surface area contributed by atoms with Crippen molar-refractivity contribution in [2.45, 2.75) is 23.3 Å². The summed E-state index contributed by atoms with van der Waals surface area (Å²) in [5.41, 5.74) is -0.347. The summed E-state index contributed by atoms with van der Waals surface area (Å²) >= 11 is 9.25. The number of hydrogen-bond donors (Lipinski definition) is 2. The van der Waals surface area contributed by atoms with Crippen LogP contribution in [-0.4, -0.2) is 40.8 Å². The highest BCUT2D eigenvalue weighted by atomic mass is 79.9. The molecule has 9 heteroatoms. The molecule has 0 radical (unpaired) electrons.